The van der Waals surface area contributed by atoms with Crippen molar-refractivity contribution in [2.24, 2.45) is 0 Å². The molecule has 0 bridgehead atoms. The van der Waals surface area contributed by atoms with Crippen molar-refractivity contribution in [1.82, 2.24) is 9.62 Å². The van der Waals surface area contributed by atoms with Crippen LogP contribution in [0.4, 0.5) is 0 Å². The number of nitrogens with one attached hydrogen (secondary N) is 1. The van der Waals surface area contributed by atoms with Gasteiger partial charge in [0.1, 0.15) is 5.75 Å². The Morgan fingerprint density at radius 3 is 2.54 bits per heavy atom. The minimum atomic E-state index is -3.70. The number of piperidine rings is 1. The Morgan fingerprint density at radius 2 is 1.92 bits per heavy atom. The van der Waals surface area contributed by atoms with Crippen molar-refractivity contribution in [3.8, 4) is 5.75 Å². The molecule has 0 spiro atoms. The summed E-state index contributed by atoms with van der Waals surface area (Å²) in [5, 5.41) is 0. The van der Waals surface area contributed by atoms with E-state index in [2.05, 4.69) is 4.72 Å². The van der Waals surface area contributed by atoms with Gasteiger partial charge in [0, 0.05) is 26.7 Å². The molecular formula is C16H24N2O5S. The average molecular weight is 356 g/mol. The number of carbonyl (C=O) groups excluding carboxylic acids is 1. The van der Waals surface area contributed by atoms with Crippen molar-refractivity contribution in [1.29, 1.82) is 0 Å². The third kappa shape index (κ3) is 4.46. The molecule has 0 radical (unpaired) electrons. The highest BCUT2D eigenvalue weighted by atomic mass is 32.2. The summed E-state index contributed by atoms with van der Waals surface area (Å²) in [5.74, 6) is 0.182. The van der Waals surface area contributed by atoms with Crippen LogP contribution >= 0.6 is 0 Å². The fraction of sp³-hybridized carbons (Fsp3) is 0.562. The molecule has 8 heteroatoms. The number of rotatable bonds is 7. The summed E-state index contributed by atoms with van der Waals surface area (Å²) in [6.07, 6.45) is 3.04. The number of carbonyl (C=O) groups is 1. The molecule has 1 aliphatic heterocycles. The molecule has 1 aromatic rings. The lowest BCUT2D eigenvalue weighted by molar-refractivity contribution is 0.0720. The largest absolute Gasteiger partial charge is 0.496 e. The SMILES string of the molecule is COCCNS(=O)(=O)c1ccc(OC)c(C(=O)N2CCCCC2)c1. The number of nitrogens with zero attached hydrogens (tertiary/aromatic N) is 1. The Hall–Kier alpha value is -1.64. The quantitative estimate of drug-likeness (QED) is 0.743. The van der Waals surface area contributed by atoms with E-state index in [-0.39, 0.29) is 29.5 Å². The second-order valence-corrected chi connectivity index (χ2v) is 7.37. The summed E-state index contributed by atoms with van der Waals surface area (Å²) in [7, 11) is -0.738. The summed E-state index contributed by atoms with van der Waals surface area (Å²) in [5.41, 5.74) is 0.272. The van der Waals surface area contributed by atoms with E-state index in [4.69, 9.17) is 9.47 Å². The van der Waals surface area contributed by atoms with Crippen LogP contribution in [0.3, 0.4) is 0 Å². The number of sulfonamides is 1. The third-order valence-electron chi connectivity index (χ3n) is 3.95. The van der Waals surface area contributed by atoms with Crippen molar-refractivity contribution in [2.45, 2.75) is 24.2 Å². The number of hydrogen-bond acceptors (Lipinski definition) is 5. The van der Waals surface area contributed by atoms with Gasteiger partial charge in [0.2, 0.25) is 10.0 Å². The average Bonchev–Trinajstić information content (AvgIpc) is 2.61. The van der Waals surface area contributed by atoms with E-state index in [1.54, 1.807) is 4.90 Å². The van der Waals surface area contributed by atoms with E-state index >= 15 is 0 Å². The fourth-order valence-electron chi connectivity index (χ4n) is 2.65. The molecule has 1 aliphatic rings. The van der Waals surface area contributed by atoms with Gasteiger partial charge in [-0.3, -0.25) is 4.79 Å². The van der Waals surface area contributed by atoms with Gasteiger partial charge in [0.15, 0.2) is 0 Å². The monoisotopic (exact) mass is 356 g/mol. The van der Waals surface area contributed by atoms with Crippen LogP contribution in [-0.4, -0.2) is 59.7 Å². The lowest BCUT2D eigenvalue weighted by Gasteiger charge is -2.27. The van der Waals surface area contributed by atoms with Crippen molar-refractivity contribution in [2.75, 3.05) is 40.5 Å². The Kier molecular flexibility index (Phi) is 6.59. The van der Waals surface area contributed by atoms with Gasteiger partial charge in [-0.05, 0) is 37.5 Å². The molecule has 1 aromatic carbocycles. The van der Waals surface area contributed by atoms with Crippen molar-refractivity contribution < 1.29 is 22.7 Å². The van der Waals surface area contributed by atoms with Gasteiger partial charge in [0.05, 0.1) is 24.2 Å². The topological polar surface area (TPSA) is 84.9 Å². The Morgan fingerprint density at radius 1 is 1.21 bits per heavy atom. The highest BCUT2D eigenvalue weighted by molar-refractivity contribution is 7.89. The molecule has 0 aliphatic carbocycles. The molecule has 24 heavy (non-hydrogen) atoms. The third-order valence-corrected chi connectivity index (χ3v) is 5.41. The molecule has 0 aromatic heterocycles. The second-order valence-electron chi connectivity index (χ2n) is 5.61. The summed E-state index contributed by atoms with van der Waals surface area (Å²) in [6, 6.07) is 4.33. The molecule has 1 saturated heterocycles. The van der Waals surface area contributed by atoms with Crippen molar-refractivity contribution >= 4 is 15.9 Å². The highest BCUT2D eigenvalue weighted by Crippen LogP contribution is 2.25. The van der Waals surface area contributed by atoms with Crippen LogP contribution in [0.2, 0.25) is 0 Å². The predicted octanol–water partition coefficient (Wildman–Crippen LogP) is 1.25. The molecule has 1 heterocycles. The zero-order chi connectivity index (χ0) is 17.6. The summed E-state index contributed by atoms with van der Waals surface area (Å²) in [4.78, 5) is 14.5. The zero-order valence-electron chi connectivity index (χ0n) is 14.1. The van der Waals surface area contributed by atoms with Crippen LogP contribution in [-0.2, 0) is 14.8 Å². The van der Waals surface area contributed by atoms with Crippen molar-refractivity contribution in [3.05, 3.63) is 23.8 Å². The first-order valence-corrected chi connectivity index (χ1v) is 9.44. The van der Waals surface area contributed by atoms with E-state index in [1.165, 1.54) is 32.4 Å². The molecular weight excluding hydrogens is 332 g/mol. The van der Waals surface area contributed by atoms with Crippen LogP contribution < -0.4 is 9.46 Å². The summed E-state index contributed by atoms with van der Waals surface area (Å²) < 4.78 is 37.2. The van der Waals surface area contributed by atoms with Gasteiger partial charge in [-0.1, -0.05) is 0 Å². The minimum Gasteiger partial charge on any atom is -0.496 e. The maximum atomic E-state index is 12.7. The van der Waals surface area contributed by atoms with E-state index < -0.39 is 10.0 Å². The van der Waals surface area contributed by atoms with Gasteiger partial charge in [-0.15, -0.1) is 0 Å². The molecule has 0 saturated carbocycles. The molecule has 2 rings (SSSR count). The standard InChI is InChI=1S/C16H24N2O5S/c1-22-11-8-17-24(20,21)13-6-7-15(23-2)14(12-13)16(19)18-9-4-3-5-10-18/h6-7,12,17H,3-5,8-11H2,1-2H3. The van der Waals surface area contributed by atoms with Crippen LogP contribution in [0.15, 0.2) is 23.1 Å². The van der Waals surface area contributed by atoms with Crippen LogP contribution in [0.1, 0.15) is 29.6 Å². The normalized spacial score (nSPS) is 15.3. The van der Waals surface area contributed by atoms with E-state index in [9.17, 15) is 13.2 Å². The molecule has 1 fully saturated rings. The molecule has 134 valence electrons. The van der Waals surface area contributed by atoms with E-state index in [1.807, 2.05) is 0 Å². The molecule has 0 atom stereocenters. The Labute approximate surface area is 143 Å². The van der Waals surface area contributed by atoms with Gasteiger partial charge >= 0.3 is 0 Å². The number of likely N-dealkylation sites (tertiary alicyclic amines) is 1. The number of amides is 1. The van der Waals surface area contributed by atoms with Gasteiger partial charge in [-0.25, -0.2) is 13.1 Å². The first-order valence-electron chi connectivity index (χ1n) is 7.95. The van der Waals surface area contributed by atoms with Crippen LogP contribution in [0, 0.1) is 0 Å². The number of hydrogen-bond donors (Lipinski definition) is 1. The molecule has 0 unspecified atom stereocenters. The smallest absolute Gasteiger partial charge is 0.257 e. The maximum absolute atomic E-state index is 12.7. The number of benzene rings is 1. The summed E-state index contributed by atoms with van der Waals surface area (Å²) >= 11 is 0. The molecule has 7 nitrogen and oxygen atoms in total. The van der Waals surface area contributed by atoms with Crippen molar-refractivity contribution in [3.63, 3.8) is 0 Å². The molecule has 1 amide bonds. The Balaban J connectivity index is 2.28. The summed E-state index contributed by atoms with van der Waals surface area (Å²) in [6.45, 7) is 1.81. The minimum absolute atomic E-state index is 0.0414. The lowest BCUT2D eigenvalue weighted by atomic mass is 10.1. The molecule has 1 N–H and O–H groups in total. The highest BCUT2D eigenvalue weighted by Gasteiger charge is 2.24. The van der Waals surface area contributed by atoms with Crippen LogP contribution in [0.25, 0.3) is 0 Å². The van der Waals surface area contributed by atoms with E-state index in [0.717, 1.165) is 19.3 Å². The predicted molar refractivity (Wildman–Crippen MR) is 89.8 cm³/mol. The first kappa shape index (κ1) is 18.7. The van der Waals surface area contributed by atoms with Crippen LogP contribution in [0.5, 0.6) is 5.75 Å². The van der Waals surface area contributed by atoms with Gasteiger partial charge in [0.25, 0.3) is 5.91 Å². The number of methoxy groups -OCH3 is 2. The second kappa shape index (κ2) is 8.46. The maximum Gasteiger partial charge on any atom is 0.257 e. The zero-order valence-corrected chi connectivity index (χ0v) is 14.9. The fourth-order valence-corrected chi connectivity index (χ4v) is 3.69. The van der Waals surface area contributed by atoms with Gasteiger partial charge < -0.3 is 14.4 Å². The lowest BCUT2D eigenvalue weighted by Crippen LogP contribution is -2.36. The van der Waals surface area contributed by atoms with Gasteiger partial charge in [-0.2, -0.15) is 0 Å². The van der Waals surface area contributed by atoms with E-state index in [0.29, 0.717) is 18.8 Å². The Bertz CT molecular complexity index is 669. The first-order chi connectivity index (χ1) is 11.5. The number of ether oxygens (including phenoxy) is 2.